The predicted molar refractivity (Wildman–Crippen MR) is 85.6 cm³/mol. The third-order valence-corrected chi connectivity index (χ3v) is 3.84. The van der Waals surface area contributed by atoms with E-state index in [1.807, 2.05) is 10.9 Å². The molecule has 0 bridgehead atoms. The van der Waals surface area contributed by atoms with Gasteiger partial charge in [-0.2, -0.15) is 5.10 Å². The average Bonchev–Trinajstić information content (AvgIpc) is 2.86. The van der Waals surface area contributed by atoms with E-state index in [9.17, 15) is 0 Å². The van der Waals surface area contributed by atoms with Crippen molar-refractivity contribution < 1.29 is 0 Å². The zero-order valence-corrected chi connectivity index (χ0v) is 13.1. The molecule has 1 aliphatic heterocycles. The standard InChI is InChI=1S/C16H23N5/c1-11(2)16(18)7-15(17)19-9-14(16)6-5-13-8-20-21(10-13)12(3)4/h8-12H,7,18H2,1-4H3,(H2,17,19). The van der Waals surface area contributed by atoms with Crippen molar-refractivity contribution in [3.63, 3.8) is 0 Å². The molecule has 2 heterocycles. The molecule has 5 nitrogen and oxygen atoms in total. The quantitative estimate of drug-likeness (QED) is 0.813. The van der Waals surface area contributed by atoms with Crippen molar-refractivity contribution in [1.29, 1.82) is 0 Å². The molecule has 1 aromatic heterocycles. The monoisotopic (exact) mass is 285 g/mol. The van der Waals surface area contributed by atoms with E-state index in [4.69, 9.17) is 11.5 Å². The summed E-state index contributed by atoms with van der Waals surface area (Å²) in [5.74, 6) is 7.06. The Balaban J connectivity index is 2.30. The molecule has 0 radical (unpaired) electrons. The number of hydrogen-bond acceptors (Lipinski definition) is 4. The highest BCUT2D eigenvalue weighted by atomic mass is 15.3. The van der Waals surface area contributed by atoms with Crippen molar-refractivity contribution in [1.82, 2.24) is 9.78 Å². The highest BCUT2D eigenvalue weighted by Crippen LogP contribution is 2.29. The van der Waals surface area contributed by atoms with E-state index in [2.05, 4.69) is 49.6 Å². The summed E-state index contributed by atoms with van der Waals surface area (Å²) in [6.07, 6.45) is 5.93. The lowest BCUT2D eigenvalue weighted by Gasteiger charge is -2.35. The molecular weight excluding hydrogens is 262 g/mol. The fourth-order valence-electron chi connectivity index (χ4n) is 2.20. The molecule has 1 unspecified atom stereocenters. The molecule has 0 aromatic carbocycles. The van der Waals surface area contributed by atoms with Crippen molar-refractivity contribution in [2.75, 3.05) is 0 Å². The lowest BCUT2D eigenvalue weighted by atomic mass is 9.77. The van der Waals surface area contributed by atoms with E-state index in [0.717, 1.165) is 11.1 Å². The van der Waals surface area contributed by atoms with E-state index < -0.39 is 5.54 Å². The summed E-state index contributed by atoms with van der Waals surface area (Å²) in [6, 6.07) is 0.322. The highest BCUT2D eigenvalue weighted by molar-refractivity contribution is 5.84. The molecule has 0 aliphatic carbocycles. The van der Waals surface area contributed by atoms with Crippen LogP contribution >= 0.6 is 0 Å². The number of aromatic nitrogens is 2. The first kappa shape index (κ1) is 15.3. The molecule has 0 amide bonds. The number of rotatable bonds is 2. The van der Waals surface area contributed by atoms with Crippen LogP contribution in [0.15, 0.2) is 29.2 Å². The van der Waals surface area contributed by atoms with Crippen molar-refractivity contribution in [3.8, 4) is 11.8 Å². The van der Waals surface area contributed by atoms with Gasteiger partial charge in [-0.3, -0.25) is 4.68 Å². The third kappa shape index (κ3) is 3.17. The van der Waals surface area contributed by atoms with Crippen LogP contribution in [0, 0.1) is 17.8 Å². The SMILES string of the molecule is CC(C)n1cc(C#CC2=CN=C(N)CC2(N)C(C)C)cn1. The van der Waals surface area contributed by atoms with Gasteiger partial charge in [0.1, 0.15) is 5.84 Å². The van der Waals surface area contributed by atoms with E-state index >= 15 is 0 Å². The number of nitrogens with two attached hydrogens (primary N) is 2. The first-order valence-electron chi connectivity index (χ1n) is 7.20. The Kier molecular flexibility index (Phi) is 4.19. The topological polar surface area (TPSA) is 82.2 Å². The minimum atomic E-state index is -0.549. The van der Waals surface area contributed by atoms with Crippen LogP contribution in [0.5, 0.6) is 0 Å². The number of amidine groups is 1. The van der Waals surface area contributed by atoms with Crippen LogP contribution < -0.4 is 11.5 Å². The van der Waals surface area contributed by atoms with E-state index in [1.54, 1.807) is 12.4 Å². The zero-order chi connectivity index (χ0) is 15.6. The van der Waals surface area contributed by atoms with Crippen LogP contribution in [0.3, 0.4) is 0 Å². The Bertz CT molecular complexity index is 639. The van der Waals surface area contributed by atoms with Gasteiger partial charge < -0.3 is 11.5 Å². The Morgan fingerprint density at radius 1 is 1.29 bits per heavy atom. The summed E-state index contributed by atoms with van der Waals surface area (Å²) in [6.45, 7) is 8.31. The summed E-state index contributed by atoms with van der Waals surface area (Å²) in [5.41, 5.74) is 13.5. The second-order valence-corrected chi connectivity index (χ2v) is 6.09. The Labute approximate surface area is 126 Å². The Morgan fingerprint density at radius 3 is 2.57 bits per heavy atom. The van der Waals surface area contributed by atoms with E-state index in [1.165, 1.54) is 0 Å². The van der Waals surface area contributed by atoms with Gasteiger partial charge in [-0.25, -0.2) is 4.99 Å². The van der Waals surface area contributed by atoms with Crippen molar-refractivity contribution in [2.45, 2.75) is 45.7 Å². The molecule has 0 saturated carbocycles. The average molecular weight is 285 g/mol. The Hall–Kier alpha value is -2.06. The van der Waals surface area contributed by atoms with Crippen LogP contribution in [0.2, 0.25) is 0 Å². The van der Waals surface area contributed by atoms with Gasteiger partial charge in [0.05, 0.1) is 17.3 Å². The van der Waals surface area contributed by atoms with Gasteiger partial charge in [0.25, 0.3) is 0 Å². The molecule has 1 atom stereocenters. The predicted octanol–water partition coefficient (Wildman–Crippen LogP) is 1.81. The fourth-order valence-corrected chi connectivity index (χ4v) is 2.20. The smallest absolute Gasteiger partial charge is 0.101 e. The second-order valence-electron chi connectivity index (χ2n) is 6.09. The number of aliphatic imine (C=N–C) groups is 1. The van der Waals surface area contributed by atoms with Gasteiger partial charge in [0.15, 0.2) is 0 Å². The maximum Gasteiger partial charge on any atom is 0.101 e. The molecular formula is C16H23N5. The molecule has 2 rings (SSSR count). The summed E-state index contributed by atoms with van der Waals surface area (Å²) in [4.78, 5) is 4.16. The van der Waals surface area contributed by atoms with Crippen LogP contribution in [-0.4, -0.2) is 21.2 Å². The van der Waals surface area contributed by atoms with Crippen molar-refractivity contribution in [3.05, 3.63) is 29.7 Å². The lowest BCUT2D eigenvalue weighted by Crippen LogP contribution is -2.50. The van der Waals surface area contributed by atoms with Gasteiger partial charge in [0.2, 0.25) is 0 Å². The molecule has 1 aliphatic rings. The van der Waals surface area contributed by atoms with Crippen molar-refractivity contribution in [2.24, 2.45) is 22.4 Å². The molecule has 5 heteroatoms. The van der Waals surface area contributed by atoms with Gasteiger partial charge in [-0.05, 0) is 19.8 Å². The third-order valence-electron chi connectivity index (χ3n) is 3.84. The van der Waals surface area contributed by atoms with Crippen LogP contribution in [-0.2, 0) is 0 Å². The van der Waals surface area contributed by atoms with E-state index in [0.29, 0.717) is 18.3 Å². The summed E-state index contributed by atoms with van der Waals surface area (Å²) < 4.78 is 1.88. The largest absolute Gasteiger partial charge is 0.387 e. The molecule has 1 aromatic rings. The first-order valence-corrected chi connectivity index (χ1v) is 7.20. The molecule has 0 spiro atoms. The van der Waals surface area contributed by atoms with Gasteiger partial charge in [0, 0.05) is 30.4 Å². The highest BCUT2D eigenvalue weighted by Gasteiger charge is 2.35. The fraction of sp³-hybridized carbons (Fsp3) is 0.500. The summed E-state index contributed by atoms with van der Waals surface area (Å²) in [5, 5.41) is 4.28. The number of hydrogen-bond donors (Lipinski definition) is 2. The maximum absolute atomic E-state index is 6.50. The molecule has 0 fully saturated rings. The van der Waals surface area contributed by atoms with Crippen molar-refractivity contribution >= 4 is 5.84 Å². The number of nitrogens with zero attached hydrogens (tertiary/aromatic N) is 3. The van der Waals surface area contributed by atoms with Crippen LogP contribution in [0.25, 0.3) is 0 Å². The van der Waals surface area contributed by atoms with Gasteiger partial charge >= 0.3 is 0 Å². The minimum Gasteiger partial charge on any atom is -0.387 e. The normalized spacial score (nSPS) is 21.9. The lowest BCUT2D eigenvalue weighted by molar-refractivity contribution is 0.379. The first-order chi connectivity index (χ1) is 9.83. The van der Waals surface area contributed by atoms with Gasteiger partial charge in [-0.1, -0.05) is 25.7 Å². The van der Waals surface area contributed by atoms with Crippen LogP contribution in [0.4, 0.5) is 0 Å². The molecule has 21 heavy (non-hydrogen) atoms. The summed E-state index contributed by atoms with van der Waals surface area (Å²) in [7, 11) is 0. The summed E-state index contributed by atoms with van der Waals surface area (Å²) >= 11 is 0. The molecule has 4 N–H and O–H groups in total. The molecule has 0 saturated heterocycles. The van der Waals surface area contributed by atoms with E-state index in [-0.39, 0.29) is 5.92 Å². The minimum absolute atomic E-state index is 0.227. The van der Waals surface area contributed by atoms with Gasteiger partial charge in [-0.15, -0.1) is 0 Å². The molecule has 112 valence electrons. The Morgan fingerprint density at radius 2 is 2.00 bits per heavy atom. The van der Waals surface area contributed by atoms with Crippen LogP contribution in [0.1, 0.15) is 45.7 Å². The second kappa shape index (κ2) is 5.74. The maximum atomic E-state index is 6.50. The zero-order valence-electron chi connectivity index (χ0n) is 13.1.